The second-order valence-corrected chi connectivity index (χ2v) is 4.60. The molecule has 0 aliphatic heterocycles. The Morgan fingerprint density at radius 2 is 1.87 bits per heavy atom. The van der Waals surface area contributed by atoms with Crippen molar-refractivity contribution in [2.45, 2.75) is 32.6 Å². The molecule has 1 aromatic carbocycles. The van der Waals surface area contributed by atoms with E-state index >= 15 is 0 Å². The summed E-state index contributed by atoms with van der Waals surface area (Å²) in [6, 6.07) is 9.45. The van der Waals surface area contributed by atoms with E-state index < -0.39 is 11.4 Å². The lowest BCUT2D eigenvalue weighted by atomic mass is 9.76. The topological polar surface area (TPSA) is 37.3 Å². The molecular formula is C13H18O2. The lowest BCUT2D eigenvalue weighted by Gasteiger charge is -2.27. The van der Waals surface area contributed by atoms with Crippen LogP contribution >= 0.6 is 0 Å². The lowest BCUT2D eigenvalue weighted by molar-refractivity contribution is -0.143. The SMILES string of the molecule is CC(C)CC(C)(C(=O)O)c1ccccc1. The average molecular weight is 206 g/mol. The second kappa shape index (κ2) is 4.47. The van der Waals surface area contributed by atoms with Crippen LogP contribution in [-0.2, 0) is 10.2 Å². The zero-order chi connectivity index (χ0) is 11.5. The molecule has 0 heterocycles. The molecule has 0 saturated heterocycles. The van der Waals surface area contributed by atoms with E-state index in [1.54, 1.807) is 6.92 Å². The van der Waals surface area contributed by atoms with Gasteiger partial charge in [-0.2, -0.15) is 0 Å². The Balaban J connectivity index is 3.07. The summed E-state index contributed by atoms with van der Waals surface area (Å²) in [7, 11) is 0. The molecule has 0 amide bonds. The van der Waals surface area contributed by atoms with Gasteiger partial charge in [0.1, 0.15) is 0 Å². The molecule has 1 aromatic rings. The summed E-state index contributed by atoms with van der Waals surface area (Å²) in [6.45, 7) is 5.89. The normalized spacial score (nSPS) is 14.9. The maximum absolute atomic E-state index is 11.4. The van der Waals surface area contributed by atoms with Gasteiger partial charge in [0.2, 0.25) is 0 Å². The van der Waals surface area contributed by atoms with Gasteiger partial charge in [0.15, 0.2) is 0 Å². The van der Waals surface area contributed by atoms with E-state index in [0.29, 0.717) is 12.3 Å². The van der Waals surface area contributed by atoms with Crippen molar-refractivity contribution in [3.8, 4) is 0 Å². The molecule has 0 fully saturated rings. The van der Waals surface area contributed by atoms with Gasteiger partial charge in [-0.1, -0.05) is 44.2 Å². The highest BCUT2D eigenvalue weighted by molar-refractivity contribution is 5.80. The van der Waals surface area contributed by atoms with Crippen LogP contribution in [0.2, 0.25) is 0 Å². The van der Waals surface area contributed by atoms with Crippen LogP contribution in [0.25, 0.3) is 0 Å². The van der Waals surface area contributed by atoms with E-state index in [1.807, 2.05) is 44.2 Å². The number of carboxylic acids is 1. The van der Waals surface area contributed by atoms with Crippen LogP contribution in [-0.4, -0.2) is 11.1 Å². The molecule has 2 nitrogen and oxygen atoms in total. The summed E-state index contributed by atoms with van der Waals surface area (Å²) in [4.78, 5) is 11.4. The van der Waals surface area contributed by atoms with Crippen LogP contribution < -0.4 is 0 Å². The predicted octanol–water partition coefficient (Wildman–Crippen LogP) is 3.08. The van der Waals surface area contributed by atoms with E-state index in [-0.39, 0.29) is 0 Å². The first kappa shape index (κ1) is 11.8. The highest BCUT2D eigenvalue weighted by Crippen LogP contribution is 2.31. The summed E-state index contributed by atoms with van der Waals surface area (Å²) in [5, 5.41) is 9.33. The summed E-state index contributed by atoms with van der Waals surface area (Å²) in [6.07, 6.45) is 0.659. The second-order valence-electron chi connectivity index (χ2n) is 4.60. The van der Waals surface area contributed by atoms with Gasteiger partial charge in [-0.15, -0.1) is 0 Å². The molecule has 15 heavy (non-hydrogen) atoms. The van der Waals surface area contributed by atoms with E-state index in [1.165, 1.54) is 0 Å². The third-order valence-corrected chi connectivity index (χ3v) is 2.70. The predicted molar refractivity (Wildman–Crippen MR) is 60.9 cm³/mol. The standard InChI is InChI=1S/C13H18O2/c1-10(2)9-13(3,12(14)15)11-7-5-4-6-8-11/h4-8,10H,9H2,1-3H3,(H,14,15). The Bertz CT molecular complexity index is 330. The highest BCUT2D eigenvalue weighted by Gasteiger charge is 2.35. The molecular weight excluding hydrogens is 188 g/mol. The summed E-state index contributed by atoms with van der Waals surface area (Å²) < 4.78 is 0. The Labute approximate surface area is 90.9 Å². The van der Waals surface area contributed by atoms with Crippen molar-refractivity contribution in [3.05, 3.63) is 35.9 Å². The molecule has 1 rings (SSSR count). The van der Waals surface area contributed by atoms with Crippen molar-refractivity contribution in [2.75, 3.05) is 0 Å². The monoisotopic (exact) mass is 206 g/mol. The van der Waals surface area contributed by atoms with Crippen LogP contribution in [0.1, 0.15) is 32.8 Å². The average Bonchev–Trinajstić information content (AvgIpc) is 2.17. The molecule has 0 bridgehead atoms. The van der Waals surface area contributed by atoms with Crippen molar-refractivity contribution in [2.24, 2.45) is 5.92 Å². The van der Waals surface area contributed by atoms with Gasteiger partial charge < -0.3 is 5.11 Å². The number of carbonyl (C=O) groups is 1. The summed E-state index contributed by atoms with van der Waals surface area (Å²) in [5.41, 5.74) is 0.112. The van der Waals surface area contributed by atoms with Crippen LogP contribution in [0.5, 0.6) is 0 Å². The minimum atomic E-state index is -0.768. The molecule has 0 aliphatic carbocycles. The molecule has 1 atom stereocenters. The molecule has 82 valence electrons. The van der Waals surface area contributed by atoms with E-state index in [9.17, 15) is 9.90 Å². The van der Waals surface area contributed by atoms with Gasteiger partial charge in [-0.25, -0.2) is 0 Å². The van der Waals surface area contributed by atoms with Crippen molar-refractivity contribution >= 4 is 5.97 Å². The molecule has 0 saturated carbocycles. The lowest BCUT2D eigenvalue weighted by Crippen LogP contribution is -2.33. The Kier molecular flexibility index (Phi) is 3.51. The minimum Gasteiger partial charge on any atom is -0.481 e. The number of rotatable bonds is 4. The third-order valence-electron chi connectivity index (χ3n) is 2.70. The first-order valence-electron chi connectivity index (χ1n) is 5.25. The van der Waals surface area contributed by atoms with Crippen molar-refractivity contribution < 1.29 is 9.90 Å². The van der Waals surface area contributed by atoms with Gasteiger partial charge in [0.25, 0.3) is 0 Å². The van der Waals surface area contributed by atoms with E-state index in [2.05, 4.69) is 0 Å². The first-order chi connectivity index (χ1) is 6.97. The van der Waals surface area contributed by atoms with Crippen LogP contribution in [0.4, 0.5) is 0 Å². The van der Waals surface area contributed by atoms with Gasteiger partial charge in [0.05, 0.1) is 5.41 Å². The van der Waals surface area contributed by atoms with Crippen LogP contribution in [0.3, 0.4) is 0 Å². The largest absolute Gasteiger partial charge is 0.481 e. The fraction of sp³-hybridized carbons (Fsp3) is 0.462. The smallest absolute Gasteiger partial charge is 0.313 e. The number of hydrogen-bond acceptors (Lipinski definition) is 1. The van der Waals surface area contributed by atoms with Crippen molar-refractivity contribution in [1.82, 2.24) is 0 Å². The minimum absolute atomic E-state index is 0.367. The number of carboxylic acid groups (broad SMARTS) is 1. The first-order valence-corrected chi connectivity index (χ1v) is 5.25. The molecule has 0 aliphatic rings. The zero-order valence-corrected chi connectivity index (χ0v) is 9.53. The molecule has 0 radical (unpaired) electrons. The van der Waals surface area contributed by atoms with Crippen molar-refractivity contribution in [1.29, 1.82) is 0 Å². The summed E-state index contributed by atoms with van der Waals surface area (Å²) >= 11 is 0. The Hall–Kier alpha value is -1.31. The summed E-state index contributed by atoms with van der Waals surface area (Å²) in [5.74, 6) is -0.381. The van der Waals surface area contributed by atoms with Crippen LogP contribution in [0.15, 0.2) is 30.3 Å². The molecule has 0 aromatic heterocycles. The molecule has 1 N–H and O–H groups in total. The zero-order valence-electron chi connectivity index (χ0n) is 9.53. The van der Waals surface area contributed by atoms with E-state index in [4.69, 9.17) is 0 Å². The van der Waals surface area contributed by atoms with Gasteiger partial charge in [0, 0.05) is 0 Å². The molecule has 0 spiro atoms. The molecule has 1 unspecified atom stereocenters. The Morgan fingerprint density at radius 1 is 1.33 bits per heavy atom. The van der Waals surface area contributed by atoms with Crippen molar-refractivity contribution in [3.63, 3.8) is 0 Å². The third kappa shape index (κ3) is 2.58. The van der Waals surface area contributed by atoms with E-state index in [0.717, 1.165) is 5.56 Å². The van der Waals surface area contributed by atoms with Crippen LogP contribution in [0, 0.1) is 5.92 Å². The Morgan fingerprint density at radius 3 is 2.27 bits per heavy atom. The van der Waals surface area contributed by atoms with Gasteiger partial charge in [-0.3, -0.25) is 4.79 Å². The number of aliphatic carboxylic acids is 1. The van der Waals surface area contributed by atoms with Gasteiger partial charge >= 0.3 is 5.97 Å². The maximum Gasteiger partial charge on any atom is 0.313 e. The number of benzene rings is 1. The quantitative estimate of drug-likeness (QED) is 0.822. The fourth-order valence-corrected chi connectivity index (χ4v) is 1.95. The fourth-order valence-electron chi connectivity index (χ4n) is 1.95. The van der Waals surface area contributed by atoms with Gasteiger partial charge in [-0.05, 0) is 24.8 Å². The highest BCUT2D eigenvalue weighted by atomic mass is 16.4. The number of hydrogen-bond donors (Lipinski definition) is 1. The molecule has 2 heteroatoms. The maximum atomic E-state index is 11.4.